The maximum atomic E-state index is 14.2. The molecule has 1 spiro atoms. The number of carbonyl (C=O) groups excluding carboxylic acids is 1. The Morgan fingerprint density at radius 3 is 2.75 bits per heavy atom. The molecule has 1 aromatic carbocycles. The number of aromatic nitrogens is 3. The minimum atomic E-state index is -0.497. The number of hydrogen-bond donors (Lipinski definition) is 1. The molecule has 1 amide bonds. The van der Waals surface area contributed by atoms with Gasteiger partial charge in [0.05, 0.1) is 11.8 Å². The standard InChI is InChI=1S/C33H41FN6O4/c1-4-40(22(2)3)32(42)25-14-23(34)6-7-28(25)44-30-17-35-21-37-31(30)39-19-33(20-39)15-24(16-33)43-29-8-10-36-27-9-12-38(11-5-13-41)18-26(27)29/h6-8,10,14,17,21-22,24,41H,4-5,9,11-13,15-16,18-20H2,1-3H3. The van der Waals surface area contributed by atoms with Crippen molar-refractivity contribution in [3.63, 3.8) is 0 Å². The Hall–Kier alpha value is -3.83. The minimum Gasteiger partial charge on any atom is -0.490 e. The fraction of sp³-hybridized carbons (Fsp3) is 0.515. The predicted octanol–water partition coefficient (Wildman–Crippen LogP) is 4.46. The third kappa shape index (κ3) is 6.08. The van der Waals surface area contributed by atoms with E-state index in [1.54, 1.807) is 11.1 Å². The van der Waals surface area contributed by atoms with Crippen molar-refractivity contribution in [2.75, 3.05) is 44.2 Å². The summed E-state index contributed by atoms with van der Waals surface area (Å²) in [5.41, 5.74) is 2.61. The molecule has 11 heteroatoms. The summed E-state index contributed by atoms with van der Waals surface area (Å²) in [4.78, 5) is 32.8. The molecule has 3 aliphatic rings. The highest BCUT2D eigenvalue weighted by atomic mass is 19.1. The molecule has 2 fully saturated rings. The number of carbonyl (C=O) groups is 1. The SMILES string of the molecule is CCN(C(=O)c1cc(F)ccc1Oc1cncnc1N1CC2(CC(Oc3ccnc4c3CN(CCCO)CC4)C2)C1)C(C)C. The summed E-state index contributed by atoms with van der Waals surface area (Å²) < 4.78 is 27.0. The van der Waals surface area contributed by atoms with Crippen LogP contribution in [0.25, 0.3) is 0 Å². The summed E-state index contributed by atoms with van der Waals surface area (Å²) in [5.74, 6) is 1.50. The average molecular weight is 605 g/mol. The van der Waals surface area contributed by atoms with Crippen LogP contribution in [0.3, 0.4) is 0 Å². The van der Waals surface area contributed by atoms with Gasteiger partial charge < -0.3 is 24.4 Å². The van der Waals surface area contributed by atoms with Gasteiger partial charge in [0.15, 0.2) is 11.6 Å². The minimum absolute atomic E-state index is 0.0395. The number of aliphatic hydroxyl groups is 1. The number of ether oxygens (including phenoxy) is 2. The summed E-state index contributed by atoms with van der Waals surface area (Å²) in [6.45, 7) is 10.7. The molecule has 1 aliphatic carbocycles. The normalized spacial score (nSPS) is 17.6. The number of anilines is 1. The number of nitrogens with zero attached hydrogens (tertiary/aromatic N) is 6. The Morgan fingerprint density at radius 2 is 2.00 bits per heavy atom. The molecule has 10 nitrogen and oxygen atoms in total. The highest BCUT2D eigenvalue weighted by Crippen LogP contribution is 2.52. The zero-order valence-corrected chi connectivity index (χ0v) is 25.7. The lowest BCUT2D eigenvalue weighted by atomic mass is 9.61. The summed E-state index contributed by atoms with van der Waals surface area (Å²) in [6.07, 6.45) is 8.64. The van der Waals surface area contributed by atoms with E-state index in [0.717, 1.165) is 69.9 Å². The van der Waals surface area contributed by atoms with Gasteiger partial charge in [-0.05, 0) is 64.3 Å². The lowest BCUT2D eigenvalue weighted by Crippen LogP contribution is -2.65. The molecule has 0 unspecified atom stereocenters. The van der Waals surface area contributed by atoms with Crippen molar-refractivity contribution in [1.82, 2.24) is 24.8 Å². The molecule has 44 heavy (non-hydrogen) atoms. The van der Waals surface area contributed by atoms with Gasteiger partial charge in [-0.15, -0.1) is 0 Å². The van der Waals surface area contributed by atoms with Crippen molar-refractivity contribution in [2.24, 2.45) is 5.41 Å². The zero-order valence-electron chi connectivity index (χ0n) is 25.7. The van der Waals surface area contributed by atoms with E-state index in [4.69, 9.17) is 9.47 Å². The molecular weight excluding hydrogens is 563 g/mol. The Labute approximate surface area is 257 Å². The van der Waals surface area contributed by atoms with E-state index in [0.29, 0.717) is 18.1 Å². The number of aliphatic hydroxyl groups excluding tert-OH is 1. The molecule has 0 bridgehead atoms. The first-order chi connectivity index (χ1) is 21.3. The van der Waals surface area contributed by atoms with Gasteiger partial charge in [0.25, 0.3) is 5.91 Å². The molecule has 2 aromatic heterocycles. The van der Waals surface area contributed by atoms with Gasteiger partial charge in [0.2, 0.25) is 0 Å². The van der Waals surface area contributed by atoms with Crippen LogP contribution >= 0.6 is 0 Å². The Kier molecular flexibility index (Phi) is 8.68. The van der Waals surface area contributed by atoms with E-state index in [2.05, 4.69) is 24.8 Å². The Bertz CT molecular complexity index is 1490. The van der Waals surface area contributed by atoms with Gasteiger partial charge >= 0.3 is 0 Å². The number of halogens is 1. The van der Waals surface area contributed by atoms with Crippen LogP contribution in [0, 0.1) is 11.2 Å². The molecule has 1 saturated carbocycles. The monoisotopic (exact) mass is 604 g/mol. The van der Waals surface area contributed by atoms with E-state index < -0.39 is 5.82 Å². The molecule has 4 heterocycles. The lowest BCUT2D eigenvalue weighted by molar-refractivity contribution is -0.0352. The van der Waals surface area contributed by atoms with E-state index in [1.807, 2.05) is 33.0 Å². The molecule has 2 aliphatic heterocycles. The quantitative estimate of drug-likeness (QED) is 0.340. The van der Waals surface area contributed by atoms with Crippen molar-refractivity contribution in [3.05, 3.63) is 65.6 Å². The predicted molar refractivity (Wildman–Crippen MR) is 164 cm³/mol. The third-order valence-corrected chi connectivity index (χ3v) is 9.02. The van der Waals surface area contributed by atoms with Crippen molar-refractivity contribution in [2.45, 2.75) is 65.1 Å². The number of hydrogen-bond acceptors (Lipinski definition) is 9. The second-order valence-electron chi connectivity index (χ2n) is 12.5. The van der Waals surface area contributed by atoms with Crippen LogP contribution in [0.5, 0.6) is 17.2 Å². The molecule has 1 N–H and O–H groups in total. The Balaban J connectivity index is 1.10. The number of amides is 1. The lowest BCUT2D eigenvalue weighted by Gasteiger charge is -2.59. The summed E-state index contributed by atoms with van der Waals surface area (Å²) in [5, 5.41) is 9.23. The van der Waals surface area contributed by atoms with Crippen molar-refractivity contribution in [1.29, 1.82) is 0 Å². The molecule has 6 rings (SSSR count). The summed E-state index contributed by atoms with van der Waals surface area (Å²) >= 11 is 0. The van der Waals surface area contributed by atoms with Gasteiger partial charge in [0.1, 0.15) is 29.7 Å². The van der Waals surface area contributed by atoms with Crippen LogP contribution in [0.1, 0.15) is 61.6 Å². The van der Waals surface area contributed by atoms with Crippen LogP contribution < -0.4 is 14.4 Å². The van der Waals surface area contributed by atoms with Crippen molar-refractivity contribution < 1.29 is 23.8 Å². The first-order valence-electron chi connectivity index (χ1n) is 15.6. The maximum Gasteiger partial charge on any atom is 0.257 e. The van der Waals surface area contributed by atoms with Crippen molar-refractivity contribution in [3.8, 4) is 17.2 Å². The highest BCUT2D eigenvalue weighted by Gasteiger charge is 2.54. The highest BCUT2D eigenvalue weighted by molar-refractivity contribution is 5.97. The molecular formula is C33H41FN6O4. The van der Waals surface area contributed by atoms with Gasteiger partial charge in [-0.25, -0.2) is 14.4 Å². The summed E-state index contributed by atoms with van der Waals surface area (Å²) in [6, 6.07) is 5.95. The van der Waals surface area contributed by atoms with Crippen molar-refractivity contribution >= 4 is 11.7 Å². The third-order valence-electron chi connectivity index (χ3n) is 9.02. The van der Waals surface area contributed by atoms with Gasteiger partial charge in [0, 0.05) is 81.2 Å². The first kappa shape index (κ1) is 30.2. The summed E-state index contributed by atoms with van der Waals surface area (Å²) in [7, 11) is 0. The van der Waals surface area contributed by atoms with Crippen LogP contribution in [0.15, 0.2) is 43.0 Å². The van der Waals surface area contributed by atoms with E-state index in [1.165, 1.54) is 30.1 Å². The van der Waals surface area contributed by atoms with E-state index in [-0.39, 0.29) is 41.4 Å². The Morgan fingerprint density at radius 1 is 1.18 bits per heavy atom. The average Bonchev–Trinajstić information content (AvgIpc) is 2.98. The first-order valence-corrected chi connectivity index (χ1v) is 15.6. The second kappa shape index (κ2) is 12.6. The number of pyridine rings is 1. The number of rotatable bonds is 11. The van der Waals surface area contributed by atoms with Gasteiger partial charge in [-0.3, -0.25) is 14.7 Å². The van der Waals surface area contributed by atoms with Gasteiger partial charge in [-0.1, -0.05) is 0 Å². The zero-order chi connectivity index (χ0) is 30.8. The number of fused-ring (bicyclic) bond motifs is 1. The molecule has 3 aromatic rings. The molecule has 1 saturated heterocycles. The van der Waals surface area contributed by atoms with Gasteiger partial charge in [-0.2, -0.15) is 0 Å². The maximum absolute atomic E-state index is 14.2. The fourth-order valence-corrected chi connectivity index (χ4v) is 6.80. The topological polar surface area (TPSA) is 104 Å². The smallest absolute Gasteiger partial charge is 0.257 e. The molecule has 234 valence electrons. The van der Waals surface area contributed by atoms with Crippen LogP contribution in [-0.2, 0) is 13.0 Å². The fourth-order valence-electron chi connectivity index (χ4n) is 6.80. The van der Waals surface area contributed by atoms with Crippen LogP contribution in [-0.4, -0.2) is 87.2 Å². The molecule has 0 radical (unpaired) electrons. The van der Waals surface area contributed by atoms with E-state index in [9.17, 15) is 14.3 Å². The second-order valence-corrected chi connectivity index (χ2v) is 12.5. The van der Waals surface area contributed by atoms with Crippen LogP contribution in [0.2, 0.25) is 0 Å². The largest absolute Gasteiger partial charge is 0.490 e. The van der Waals surface area contributed by atoms with Crippen LogP contribution in [0.4, 0.5) is 10.2 Å². The number of benzene rings is 1. The molecule has 0 atom stereocenters. The van der Waals surface area contributed by atoms with E-state index >= 15 is 0 Å².